The van der Waals surface area contributed by atoms with E-state index in [0.29, 0.717) is 6.04 Å². The Balaban J connectivity index is 1.26. The predicted molar refractivity (Wildman–Crippen MR) is 125 cm³/mol. The molecule has 1 fully saturated rings. The number of phenolic OH excluding ortho intramolecular Hbond substituents is 1. The van der Waals surface area contributed by atoms with E-state index < -0.39 is 0 Å². The molecule has 6 rings (SSSR count). The number of fused-ring (bicyclic) bond motifs is 2. The molecule has 0 amide bonds. The van der Waals surface area contributed by atoms with Gasteiger partial charge in [-0.2, -0.15) is 5.10 Å². The van der Waals surface area contributed by atoms with Crippen LogP contribution in [-0.2, 0) is 13.0 Å². The molecule has 32 heavy (non-hydrogen) atoms. The van der Waals surface area contributed by atoms with Crippen LogP contribution < -0.4 is 0 Å². The second-order valence-corrected chi connectivity index (χ2v) is 9.15. The number of nitrogens with zero attached hydrogens (tertiary/aromatic N) is 4. The van der Waals surface area contributed by atoms with Gasteiger partial charge in [-0.05, 0) is 68.4 Å². The van der Waals surface area contributed by atoms with Gasteiger partial charge in [0, 0.05) is 30.9 Å². The number of rotatable bonds is 3. The molecule has 7 heteroatoms. The lowest BCUT2D eigenvalue weighted by molar-refractivity contribution is 0.108. The summed E-state index contributed by atoms with van der Waals surface area (Å²) in [6.45, 7) is 4.41. The number of aromatic amines is 2. The van der Waals surface area contributed by atoms with Crippen molar-refractivity contribution in [1.29, 1.82) is 0 Å². The fourth-order valence-electron chi connectivity index (χ4n) is 5.13. The predicted octanol–water partition coefficient (Wildman–Crippen LogP) is 3.78. The van der Waals surface area contributed by atoms with Crippen molar-refractivity contribution in [3.05, 3.63) is 53.9 Å². The van der Waals surface area contributed by atoms with Crippen molar-refractivity contribution in [1.82, 2.24) is 30.0 Å². The Morgan fingerprint density at radius 3 is 2.59 bits per heavy atom. The van der Waals surface area contributed by atoms with Gasteiger partial charge in [0.25, 0.3) is 0 Å². The highest BCUT2D eigenvalue weighted by atomic mass is 16.3. The van der Waals surface area contributed by atoms with Gasteiger partial charge < -0.3 is 15.0 Å². The molecule has 0 unspecified atom stereocenters. The lowest BCUT2D eigenvalue weighted by Crippen LogP contribution is -2.45. The van der Waals surface area contributed by atoms with Crippen LogP contribution in [0.15, 0.2) is 42.5 Å². The highest BCUT2D eigenvalue weighted by Crippen LogP contribution is 2.31. The van der Waals surface area contributed by atoms with Crippen molar-refractivity contribution < 1.29 is 5.11 Å². The summed E-state index contributed by atoms with van der Waals surface area (Å²) in [5.74, 6) is 1.12. The number of likely N-dealkylation sites (tertiary alicyclic amines) is 1. The van der Waals surface area contributed by atoms with Gasteiger partial charge in [-0.25, -0.2) is 4.98 Å². The summed E-state index contributed by atoms with van der Waals surface area (Å²) in [5, 5.41) is 18.4. The van der Waals surface area contributed by atoms with Crippen LogP contribution in [0, 0.1) is 0 Å². The first-order valence-corrected chi connectivity index (χ1v) is 11.4. The zero-order chi connectivity index (χ0) is 21.7. The third kappa shape index (κ3) is 3.47. The highest BCUT2D eigenvalue weighted by molar-refractivity contribution is 5.93. The van der Waals surface area contributed by atoms with Crippen molar-refractivity contribution in [2.75, 3.05) is 26.7 Å². The Bertz CT molecular complexity index is 1250. The normalized spacial score (nSPS) is 18.3. The van der Waals surface area contributed by atoms with Crippen molar-refractivity contribution in [2.24, 2.45) is 0 Å². The molecule has 2 aliphatic heterocycles. The van der Waals surface area contributed by atoms with Crippen LogP contribution in [0.3, 0.4) is 0 Å². The minimum atomic E-state index is 0.273. The van der Waals surface area contributed by atoms with Gasteiger partial charge in [-0.15, -0.1) is 0 Å². The number of aromatic nitrogens is 4. The summed E-state index contributed by atoms with van der Waals surface area (Å²) in [7, 11) is 2.22. The maximum absolute atomic E-state index is 9.54. The average molecular weight is 429 g/mol. The van der Waals surface area contributed by atoms with E-state index in [1.807, 2.05) is 12.1 Å². The fraction of sp³-hybridized carbons (Fsp3) is 0.360. The van der Waals surface area contributed by atoms with E-state index in [4.69, 9.17) is 4.98 Å². The number of nitrogens with one attached hydrogen (secondary N) is 2. The number of imidazole rings is 1. The summed E-state index contributed by atoms with van der Waals surface area (Å²) in [6.07, 6.45) is 3.49. The van der Waals surface area contributed by atoms with Crippen molar-refractivity contribution in [2.45, 2.75) is 31.8 Å². The van der Waals surface area contributed by atoms with Gasteiger partial charge in [-0.3, -0.25) is 10.00 Å². The first-order valence-electron chi connectivity index (χ1n) is 11.4. The van der Waals surface area contributed by atoms with E-state index in [1.54, 1.807) is 12.1 Å². The lowest BCUT2D eigenvalue weighted by Gasteiger charge is -2.38. The van der Waals surface area contributed by atoms with Gasteiger partial charge in [0.05, 0.1) is 16.9 Å². The van der Waals surface area contributed by atoms with E-state index in [2.05, 4.69) is 50.2 Å². The molecule has 2 aliphatic rings. The summed E-state index contributed by atoms with van der Waals surface area (Å²) in [5.41, 5.74) is 6.41. The second-order valence-electron chi connectivity index (χ2n) is 9.15. The van der Waals surface area contributed by atoms with Crippen LogP contribution in [0.4, 0.5) is 0 Å². The van der Waals surface area contributed by atoms with Gasteiger partial charge in [-0.1, -0.05) is 18.2 Å². The molecule has 0 saturated carbocycles. The number of H-pyrrole nitrogens is 2. The van der Waals surface area contributed by atoms with E-state index in [9.17, 15) is 5.11 Å². The van der Waals surface area contributed by atoms with Gasteiger partial charge in [0.1, 0.15) is 11.4 Å². The number of phenols is 1. The lowest BCUT2D eigenvalue weighted by atomic mass is 10.0. The summed E-state index contributed by atoms with van der Waals surface area (Å²) >= 11 is 0. The maximum atomic E-state index is 9.54. The van der Waals surface area contributed by atoms with Crippen molar-refractivity contribution in [3.8, 4) is 28.4 Å². The first-order chi connectivity index (χ1) is 15.6. The number of piperidine rings is 1. The van der Waals surface area contributed by atoms with E-state index >= 15 is 0 Å². The monoisotopic (exact) mass is 428 g/mol. The molecule has 0 spiro atoms. The van der Waals surface area contributed by atoms with Crippen LogP contribution in [0.1, 0.15) is 24.2 Å². The molecule has 164 valence electrons. The summed E-state index contributed by atoms with van der Waals surface area (Å²) in [4.78, 5) is 13.6. The minimum Gasteiger partial charge on any atom is -0.508 e. The van der Waals surface area contributed by atoms with E-state index in [1.165, 1.54) is 37.3 Å². The van der Waals surface area contributed by atoms with Crippen molar-refractivity contribution >= 4 is 10.9 Å². The van der Waals surface area contributed by atoms with Crippen LogP contribution in [0.2, 0.25) is 0 Å². The Morgan fingerprint density at radius 1 is 1.00 bits per heavy atom. The Hall–Kier alpha value is -3.16. The molecule has 0 aliphatic carbocycles. The number of aromatic hydroxyl groups is 1. The molecule has 0 atom stereocenters. The quantitative estimate of drug-likeness (QED) is 0.463. The molecule has 7 nitrogen and oxygen atoms in total. The number of hydrogen-bond donors (Lipinski definition) is 3. The second kappa shape index (κ2) is 7.76. The van der Waals surface area contributed by atoms with Gasteiger partial charge in [0.15, 0.2) is 5.82 Å². The average Bonchev–Trinajstić information content (AvgIpc) is 3.43. The molecule has 3 N–H and O–H groups in total. The molecule has 0 radical (unpaired) electrons. The SMILES string of the molecule is CN1CCC(N2CCc3nc(-c4n[nH]c5cc(-c6ccc(O)cc6)ccc45)[nH]c3C2)CC1. The largest absolute Gasteiger partial charge is 0.508 e. The summed E-state index contributed by atoms with van der Waals surface area (Å²) < 4.78 is 0. The van der Waals surface area contributed by atoms with Crippen LogP contribution in [0.25, 0.3) is 33.5 Å². The molecular formula is C25H28N6O. The smallest absolute Gasteiger partial charge is 0.159 e. The first kappa shape index (κ1) is 19.5. The fourth-order valence-corrected chi connectivity index (χ4v) is 5.13. The van der Waals surface area contributed by atoms with Crippen molar-refractivity contribution in [3.63, 3.8) is 0 Å². The highest BCUT2D eigenvalue weighted by Gasteiger charge is 2.28. The van der Waals surface area contributed by atoms with E-state index in [-0.39, 0.29) is 5.75 Å². The molecule has 2 aromatic heterocycles. The third-order valence-electron chi connectivity index (χ3n) is 7.05. The third-order valence-corrected chi connectivity index (χ3v) is 7.05. The zero-order valence-corrected chi connectivity index (χ0v) is 18.3. The Kier molecular flexibility index (Phi) is 4.73. The molecule has 2 aromatic carbocycles. The molecule has 4 heterocycles. The molecule has 1 saturated heterocycles. The zero-order valence-electron chi connectivity index (χ0n) is 18.3. The minimum absolute atomic E-state index is 0.273. The Morgan fingerprint density at radius 2 is 1.78 bits per heavy atom. The van der Waals surface area contributed by atoms with Gasteiger partial charge in [0.2, 0.25) is 0 Å². The molecule has 0 bridgehead atoms. The standard InChI is InChI=1S/C25H28N6O/c1-30-11-8-18(9-12-30)31-13-10-21-23(15-31)27-25(26-21)24-20-7-4-17(14-22(20)28-29-24)16-2-5-19(32)6-3-16/h2-7,14,18,32H,8-13,15H2,1H3,(H,26,27)(H,28,29). The molecular weight excluding hydrogens is 400 g/mol. The number of hydrogen-bond acceptors (Lipinski definition) is 5. The van der Waals surface area contributed by atoms with Crippen LogP contribution >= 0.6 is 0 Å². The molecule has 4 aromatic rings. The topological polar surface area (TPSA) is 84.1 Å². The van der Waals surface area contributed by atoms with Crippen LogP contribution in [0.5, 0.6) is 5.75 Å². The Labute approximate surface area is 187 Å². The number of benzene rings is 2. The maximum Gasteiger partial charge on any atom is 0.159 e. The van der Waals surface area contributed by atoms with E-state index in [0.717, 1.165) is 53.1 Å². The summed E-state index contributed by atoms with van der Waals surface area (Å²) in [6, 6.07) is 14.2. The van der Waals surface area contributed by atoms with Crippen LogP contribution in [-0.4, -0.2) is 67.8 Å². The van der Waals surface area contributed by atoms with Gasteiger partial charge >= 0.3 is 0 Å².